The van der Waals surface area contributed by atoms with Crippen LogP contribution < -0.4 is 5.73 Å². The normalized spacial score (nSPS) is 11.6. The standard InChI is InChI=1S/C8H9F3N2S/c9-8(10,11)3-4-14-7-2-1-6(12)5-13-7/h1-2,5H,3-4,12H2. The Morgan fingerprint density at radius 2 is 2.07 bits per heavy atom. The van der Waals surface area contributed by atoms with Gasteiger partial charge in [0, 0.05) is 5.75 Å². The number of anilines is 1. The molecule has 0 fully saturated rings. The maximum atomic E-state index is 11.8. The summed E-state index contributed by atoms with van der Waals surface area (Å²) < 4.78 is 35.3. The molecule has 0 spiro atoms. The van der Waals surface area contributed by atoms with Gasteiger partial charge in [-0.3, -0.25) is 0 Å². The largest absolute Gasteiger partial charge is 0.397 e. The van der Waals surface area contributed by atoms with Crippen LogP contribution in [0.25, 0.3) is 0 Å². The molecule has 0 atom stereocenters. The van der Waals surface area contributed by atoms with Gasteiger partial charge >= 0.3 is 6.18 Å². The third-order valence-electron chi connectivity index (χ3n) is 1.39. The molecule has 0 aliphatic rings. The molecule has 78 valence electrons. The van der Waals surface area contributed by atoms with E-state index in [0.29, 0.717) is 10.7 Å². The summed E-state index contributed by atoms with van der Waals surface area (Å²) in [7, 11) is 0. The first kappa shape index (κ1) is 11.2. The molecule has 2 nitrogen and oxygen atoms in total. The van der Waals surface area contributed by atoms with E-state index in [0.717, 1.165) is 11.8 Å². The van der Waals surface area contributed by atoms with Crippen LogP contribution in [-0.4, -0.2) is 16.9 Å². The van der Waals surface area contributed by atoms with Gasteiger partial charge in [0.2, 0.25) is 0 Å². The molecule has 1 rings (SSSR count). The van der Waals surface area contributed by atoms with E-state index in [1.807, 2.05) is 0 Å². The van der Waals surface area contributed by atoms with Gasteiger partial charge in [-0.15, -0.1) is 11.8 Å². The molecule has 0 saturated heterocycles. The second-order valence-electron chi connectivity index (χ2n) is 2.64. The lowest BCUT2D eigenvalue weighted by Gasteiger charge is -2.04. The number of alkyl halides is 3. The van der Waals surface area contributed by atoms with Crippen LogP contribution in [0.5, 0.6) is 0 Å². The molecule has 14 heavy (non-hydrogen) atoms. The predicted molar refractivity (Wildman–Crippen MR) is 50.0 cm³/mol. The summed E-state index contributed by atoms with van der Waals surface area (Å²) in [4.78, 5) is 3.87. The Bertz CT molecular complexity index is 284. The minimum absolute atomic E-state index is 0.0135. The number of nitrogens with zero attached hydrogens (tertiary/aromatic N) is 1. The average molecular weight is 222 g/mol. The monoisotopic (exact) mass is 222 g/mol. The Kier molecular flexibility index (Phi) is 3.62. The summed E-state index contributed by atoms with van der Waals surface area (Å²) in [6, 6.07) is 3.22. The van der Waals surface area contributed by atoms with Crippen LogP contribution in [0.2, 0.25) is 0 Å². The molecule has 0 aromatic carbocycles. The van der Waals surface area contributed by atoms with Gasteiger partial charge in [0.25, 0.3) is 0 Å². The summed E-state index contributed by atoms with van der Waals surface area (Å²) in [6.07, 6.45) is -3.47. The topological polar surface area (TPSA) is 38.9 Å². The van der Waals surface area contributed by atoms with Crippen molar-refractivity contribution in [2.24, 2.45) is 0 Å². The van der Waals surface area contributed by atoms with Gasteiger partial charge in [-0.2, -0.15) is 13.2 Å². The van der Waals surface area contributed by atoms with E-state index in [2.05, 4.69) is 4.98 Å². The molecule has 1 aromatic rings. The molecule has 1 aromatic heterocycles. The van der Waals surface area contributed by atoms with Crippen molar-refractivity contribution in [3.63, 3.8) is 0 Å². The molecule has 0 bridgehead atoms. The minimum atomic E-state index is -4.10. The van der Waals surface area contributed by atoms with Gasteiger partial charge in [-0.25, -0.2) is 4.98 Å². The summed E-state index contributed by atoms with van der Waals surface area (Å²) in [5, 5.41) is 0.559. The highest BCUT2D eigenvalue weighted by molar-refractivity contribution is 7.99. The SMILES string of the molecule is Nc1ccc(SCCC(F)(F)F)nc1. The van der Waals surface area contributed by atoms with Crippen molar-refractivity contribution in [1.82, 2.24) is 4.98 Å². The smallest absolute Gasteiger partial charge is 0.389 e. The first-order valence-corrected chi connectivity index (χ1v) is 4.87. The van der Waals surface area contributed by atoms with Crippen molar-refractivity contribution >= 4 is 17.4 Å². The fourth-order valence-corrected chi connectivity index (χ4v) is 1.58. The quantitative estimate of drug-likeness (QED) is 0.799. The summed E-state index contributed by atoms with van der Waals surface area (Å²) in [5.74, 6) is -0.0135. The Morgan fingerprint density at radius 1 is 1.36 bits per heavy atom. The van der Waals surface area contributed by atoms with E-state index in [4.69, 9.17) is 5.73 Å². The van der Waals surface area contributed by atoms with Crippen molar-refractivity contribution < 1.29 is 13.2 Å². The maximum Gasteiger partial charge on any atom is 0.389 e. The number of pyridine rings is 1. The predicted octanol–water partition coefficient (Wildman–Crippen LogP) is 2.71. The van der Waals surface area contributed by atoms with Crippen LogP contribution in [0, 0.1) is 0 Å². The molecule has 0 radical (unpaired) electrons. The second-order valence-corrected chi connectivity index (χ2v) is 3.76. The third kappa shape index (κ3) is 4.36. The van der Waals surface area contributed by atoms with Crippen LogP contribution in [0.3, 0.4) is 0 Å². The maximum absolute atomic E-state index is 11.8. The molecule has 0 saturated carbocycles. The van der Waals surface area contributed by atoms with E-state index in [1.54, 1.807) is 12.1 Å². The van der Waals surface area contributed by atoms with Crippen molar-refractivity contribution in [2.45, 2.75) is 17.6 Å². The Morgan fingerprint density at radius 3 is 2.57 bits per heavy atom. The first-order valence-electron chi connectivity index (χ1n) is 3.88. The van der Waals surface area contributed by atoms with E-state index < -0.39 is 12.6 Å². The molecule has 1 heterocycles. The summed E-state index contributed by atoms with van der Waals surface area (Å²) in [5.41, 5.74) is 5.88. The number of aromatic nitrogens is 1. The van der Waals surface area contributed by atoms with Crippen LogP contribution >= 0.6 is 11.8 Å². The number of hydrogen-bond donors (Lipinski definition) is 1. The van der Waals surface area contributed by atoms with Crippen molar-refractivity contribution in [2.75, 3.05) is 11.5 Å². The lowest BCUT2D eigenvalue weighted by molar-refractivity contribution is -0.129. The van der Waals surface area contributed by atoms with Crippen LogP contribution in [0.1, 0.15) is 6.42 Å². The molecule has 0 aliphatic heterocycles. The van der Waals surface area contributed by atoms with E-state index >= 15 is 0 Å². The Hall–Kier alpha value is -0.910. The number of thioether (sulfide) groups is 1. The van der Waals surface area contributed by atoms with Crippen LogP contribution in [0.4, 0.5) is 18.9 Å². The van der Waals surface area contributed by atoms with Crippen molar-refractivity contribution in [3.05, 3.63) is 18.3 Å². The van der Waals surface area contributed by atoms with Gasteiger partial charge in [0.05, 0.1) is 23.3 Å². The molecule has 0 unspecified atom stereocenters. The van der Waals surface area contributed by atoms with E-state index in [-0.39, 0.29) is 5.75 Å². The molecule has 0 aliphatic carbocycles. The Balaban J connectivity index is 2.35. The number of nitrogen functional groups attached to an aromatic ring is 1. The number of hydrogen-bond acceptors (Lipinski definition) is 3. The zero-order valence-corrected chi connectivity index (χ0v) is 8.03. The number of halogens is 3. The highest BCUT2D eigenvalue weighted by Crippen LogP contribution is 2.25. The van der Waals surface area contributed by atoms with Gasteiger partial charge in [-0.05, 0) is 12.1 Å². The zero-order valence-electron chi connectivity index (χ0n) is 7.21. The van der Waals surface area contributed by atoms with E-state index in [1.165, 1.54) is 6.20 Å². The van der Waals surface area contributed by atoms with Gasteiger partial charge in [-0.1, -0.05) is 0 Å². The van der Waals surface area contributed by atoms with E-state index in [9.17, 15) is 13.2 Å². The zero-order chi connectivity index (χ0) is 10.6. The fraction of sp³-hybridized carbons (Fsp3) is 0.375. The first-order chi connectivity index (χ1) is 6.47. The highest BCUT2D eigenvalue weighted by atomic mass is 32.2. The van der Waals surface area contributed by atoms with Gasteiger partial charge in [0.1, 0.15) is 0 Å². The van der Waals surface area contributed by atoms with Crippen LogP contribution in [0.15, 0.2) is 23.4 Å². The van der Waals surface area contributed by atoms with Crippen molar-refractivity contribution in [3.8, 4) is 0 Å². The lowest BCUT2D eigenvalue weighted by Crippen LogP contribution is -2.08. The number of rotatable bonds is 3. The fourth-order valence-electron chi connectivity index (χ4n) is 0.748. The Labute approximate surface area is 83.7 Å². The van der Waals surface area contributed by atoms with Gasteiger partial charge < -0.3 is 5.73 Å². The van der Waals surface area contributed by atoms with Crippen molar-refractivity contribution in [1.29, 1.82) is 0 Å². The summed E-state index contributed by atoms with van der Waals surface area (Å²) in [6.45, 7) is 0. The summed E-state index contributed by atoms with van der Waals surface area (Å²) >= 11 is 1.07. The average Bonchev–Trinajstić information content (AvgIpc) is 2.06. The van der Waals surface area contributed by atoms with Gasteiger partial charge in [0.15, 0.2) is 0 Å². The highest BCUT2D eigenvalue weighted by Gasteiger charge is 2.26. The van der Waals surface area contributed by atoms with Crippen LogP contribution in [-0.2, 0) is 0 Å². The minimum Gasteiger partial charge on any atom is -0.397 e. The molecule has 6 heteroatoms. The number of nitrogens with two attached hydrogens (primary N) is 1. The molecular formula is C8H9F3N2S. The molecule has 0 amide bonds. The molecule has 2 N–H and O–H groups in total. The second kappa shape index (κ2) is 4.54. The molecular weight excluding hydrogens is 213 g/mol. The third-order valence-corrected chi connectivity index (χ3v) is 2.34. The lowest BCUT2D eigenvalue weighted by atomic mass is 10.4.